The Morgan fingerprint density at radius 3 is 0.485 bits per heavy atom. The second kappa shape index (κ2) is 41.8. The van der Waals surface area contributed by atoms with Crippen LogP contribution in [0.2, 0.25) is 0 Å². The highest BCUT2D eigenvalue weighted by molar-refractivity contribution is 6.92. The van der Waals surface area contributed by atoms with Gasteiger partial charge in [-0.1, -0.05) is 182 Å². The maximum atomic E-state index is 8.57. The second-order valence-corrected chi connectivity index (χ2v) is 39.5. The minimum atomic E-state index is -2.92. The van der Waals surface area contributed by atoms with E-state index in [1.54, 1.807) is 0 Å². The average Bonchev–Trinajstić information content (AvgIpc) is 0.780. The van der Waals surface area contributed by atoms with Gasteiger partial charge in [0.25, 0.3) is 0 Å². The van der Waals surface area contributed by atoms with E-state index in [1.807, 2.05) is 0 Å². The maximum absolute atomic E-state index is 8.57. The van der Waals surface area contributed by atoms with Gasteiger partial charge in [-0.3, -0.25) is 0 Å². The van der Waals surface area contributed by atoms with E-state index in [0.29, 0.717) is 0 Å². The quantitative estimate of drug-likeness (QED) is 0.0317. The van der Waals surface area contributed by atoms with Crippen LogP contribution in [0, 0.1) is 0 Å². The summed E-state index contributed by atoms with van der Waals surface area (Å²) in [7, 11) is -5.85. The molecule has 9 nitrogen and oxygen atoms in total. The zero-order valence-corrected chi connectivity index (χ0v) is 70.7. The van der Waals surface area contributed by atoms with E-state index in [0.717, 1.165) is 272 Å². The third kappa shape index (κ3) is 32.5. The third-order valence-corrected chi connectivity index (χ3v) is 25.5. The summed E-state index contributed by atoms with van der Waals surface area (Å²) in [5, 5.41) is 4.31. The highest BCUT2D eigenvalue weighted by Crippen LogP contribution is 2.41. The first-order chi connectivity index (χ1) is 46.6. The Hall–Kier alpha value is -4.33. The van der Waals surface area contributed by atoms with Gasteiger partial charge in [-0.25, -0.2) is 0 Å². The number of rotatable bonds is 54. The van der Waals surface area contributed by atoms with Gasteiger partial charge < -0.3 is 42.0 Å². The van der Waals surface area contributed by atoms with Crippen molar-refractivity contribution in [2.24, 2.45) is 0 Å². The molecule has 99 heavy (non-hydrogen) atoms. The van der Waals surface area contributed by atoms with Crippen LogP contribution in [-0.2, 0) is 4.12 Å². The van der Waals surface area contributed by atoms with Crippen LogP contribution in [-0.4, -0.2) is 62.9 Å². The molecule has 0 aromatic heterocycles. The normalized spacial score (nSPS) is 12.9. The monoisotopic (exact) mass is 1410 g/mol. The smallest absolute Gasteiger partial charge is 0.229 e. The van der Waals surface area contributed by atoms with Crippen molar-refractivity contribution in [1.82, 2.24) is 0 Å². The Kier molecular flexibility index (Phi) is 36.8. The zero-order chi connectivity index (χ0) is 73.6. The first-order valence-electron chi connectivity index (χ1n) is 40.3. The SMILES string of the molecule is CCCCCC(C)(C)Oc1ccc([SiH](O[SiH](c2ccc(OC(C)(C)CCCCC)c(OC(C)(C)CCCCC)c2)c2ccc(OC(C)(C)CCCCC)c(OC(C)(C)CCCCC)c2)c2ccc(OC(C)(C)CCCCC)c(OC(C)(C)CCCCC)c2)cc1OC(C)(C)CCCCC. The summed E-state index contributed by atoms with van der Waals surface area (Å²) < 4.78 is 67.0. The molecule has 0 unspecified atom stereocenters. The van der Waals surface area contributed by atoms with Crippen LogP contribution in [0.15, 0.2) is 72.8 Å². The average molecular weight is 1410 g/mol. The summed E-state index contributed by atoms with van der Waals surface area (Å²) in [5.74, 6) is 5.99. The van der Waals surface area contributed by atoms with Crippen molar-refractivity contribution in [2.45, 2.75) is 416 Å². The Morgan fingerprint density at radius 1 is 0.202 bits per heavy atom. The van der Waals surface area contributed by atoms with Gasteiger partial charge in [0.2, 0.25) is 18.1 Å². The number of unbranched alkanes of at least 4 members (excludes halogenated alkanes) is 16. The highest BCUT2D eigenvalue weighted by atomic mass is 28.4. The highest BCUT2D eigenvalue weighted by Gasteiger charge is 2.36. The van der Waals surface area contributed by atoms with Crippen LogP contribution in [0.5, 0.6) is 46.0 Å². The standard InChI is InChI=1S/C88H150O9Si2/c1-25-33-41-57-81(9,10)89-73-53-49-69(65-77(73)93-85(17,18)61-45-37-29-5)98(70-50-54-74(90-82(11,12)58-42-34-26-2)78(66-70)94-86(19,20)62-46-38-30-6)97-99(71-51-55-75(91-83(13,14)59-43-35-27-3)79(67-71)95-87(21,22)63-47-39-31-7)72-52-56-76(92-84(15,16)60-44-36-28-4)80(68-72)96-88(23,24)64-48-40-32-8/h49-56,65-68,98-99H,25-48,57-64H2,1-24H3. The van der Waals surface area contributed by atoms with Crippen molar-refractivity contribution in [1.29, 1.82) is 0 Å². The predicted molar refractivity (Wildman–Crippen MR) is 430 cm³/mol. The third-order valence-electron chi connectivity index (χ3n) is 19.5. The summed E-state index contributed by atoms with van der Waals surface area (Å²) in [6.45, 7) is 53.9. The molecular weight excluding hydrogens is 1260 g/mol. The first kappa shape index (κ1) is 87.1. The minimum Gasteiger partial charge on any atom is -0.484 e. The fraction of sp³-hybridized carbons (Fsp3) is 0.727. The molecule has 4 aromatic rings. The minimum absolute atomic E-state index is 0.432. The van der Waals surface area contributed by atoms with Crippen molar-refractivity contribution in [2.75, 3.05) is 0 Å². The molecular formula is C88H150O9Si2. The van der Waals surface area contributed by atoms with Crippen molar-refractivity contribution < 1.29 is 42.0 Å². The van der Waals surface area contributed by atoms with E-state index in [1.165, 1.54) is 0 Å². The summed E-state index contributed by atoms with van der Waals surface area (Å²) in [5.41, 5.74) is -3.65. The van der Waals surface area contributed by atoms with Crippen LogP contribution in [0.3, 0.4) is 0 Å². The van der Waals surface area contributed by atoms with Crippen LogP contribution < -0.4 is 58.6 Å². The lowest BCUT2D eigenvalue weighted by molar-refractivity contribution is 0.0652. The summed E-state index contributed by atoms with van der Waals surface area (Å²) in [6.07, 6.45) is 34.3. The van der Waals surface area contributed by atoms with E-state index in [4.69, 9.17) is 42.0 Å². The summed E-state index contributed by atoms with van der Waals surface area (Å²) in [6, 6.07) is 27.0. The Balaban J connectivity index is 2.31. The molecule has 0 aliphatic rings. The molecule has 0 heterocycles. The molecule has 0 saturated carbocycles. The molecule has 0 radical (unpaired) electrons. The number of benzene rings is 4. The first-order valence-corrected chi connectivity index (χ1v) is 43.6. The summed E-state index contributed by atoms with van der Waals surface area (Å²) in [4.78, 5) is 0. The topological polar surface area (TPSA) is 83.1 Å². The number of hydrogen-bond donors (Lipinski definition) is 0. The fourth-order valence-corrected chi connectivity index (χ4v) is 20.1. The molecule has 564 valence electrons. The second-order valence-electron chi connectivity index (χ2n) is 34.3. The molecule has 4 rings (SSSR count). The van der Waals surface area contributed by atoms with Gasteiger partial charge in [0, 0.05) is 0 Å². The molecule has 0 spiro atoms. The van der Waals surface area contributed by atoms with E-state index >= 15 is 0 Å². The molecule has 0 saturated heterocycles. The zero-order valence-electron chi connectivity index (χ0n) is 68.4. The Morgan fingerprint density at radius 2 is 0.343 bits per heavy atom. The van der Waals surface area contributed by atoms with E-state index < -0.39 is 62.9 Å². The molecule has 4 aromatic carbocycles. The predicted octanol–water partition coefficient (Wildman–Crippen LogP) is 24.0. The fourth-order valence-electron chi connectivity index (χ4n) is 13.4. The largest absolute Gasteiger partial charge is 0.484 e. The van der Waals surface area contributed by atoms with E-state index in [2.05, 4.69) is 239 Å². The summed E-state index contributed by atoms with van der Waals surface area (Å²) >= 11 is 0. The van der Waals surface area contributed by atoms with Crippen LogP contribution in [0.1, 0.15) is 372 Å². The maximum Gasteiger partial charge on any atom is 0.229 e. The van der Waals surface area contributed by atoms with Gasteiger partial charge >= 0.3 is 0 Å². The molecule has 0 fully saturated rings. The van der Waals surface area contributed by atoms with Gasteiger partial charge in [0.05, 0.1) is 0 Å². The van der Waals surface area contributed by atoms with Gasteiger partial charge in [0.15, 0.2) is 46.0 Å². The molecule has 0 amide bonds. The lowest BCUT2D eigenvalue weighted by Gasteiger charge is -2.34. The van der Waals surface area contributed by atoms with Crippen molar-refractivity contribution in [3.8, 4) is 46.0 Å². The molecule has 0 aliphatic carbocycles. The molecule has 0 aliphatic heterocycles. The molecule has 0 N–H and O–H groups in total. The van der Waals surface area contributed by atoms with E-state index in [-0.39, 0.29) is 0 Å². The van der Waals surface area contributed by atoms with Crippen molar-refractivity contribution in [3.05, 3.63) is 72.8 Å². The van der Waals surface area contributed by atoms with Crippen molar-refractivity contribution >= 4 is 38.8 Å². The van der Waals surface area contributed by atoms with Crippen LogP contribution in [0.4, 0.5) is 0 Å². The van der Waals surface area contributed by atoms with E-state index in [9.17, 15) is 0 Å². The van der Waals surface area contributed by atoms with Gasteiger partial charge in [-0.15, -0.1) is 0 Å². The Labute approximate surface area is 612 Å². The van der Waals surface area contributed by atoms with Gasteiger partial charge in [-0.2, -0.15) is 0 Å². The number of hydrogen-bond acceptors (Lipinski definition) is 9. The molecule has 0 atom stereocenters. The lowest BCUT2D eigenvalue weighted by atomic mass is 10.00. The van der Waals surface area contributed by atoms with Gasteiger partial charge in [-0.05, 0) is 283 Å². The Bertz CT molecular complexity index is 2520. The van der Waals surface area contributed by atoms with Gasteiger partial charge in [0.1, 0.15) is 44.8 Å². The molecule has 11 heteroatoms. The lowest BCUT2D eigenvalue weighted by Crippen LogP contribution is -2.56. The van der Waals surface area contributed by atoms with Crippen LogP contribution >= 0.6 is 0 Å². The molecule has 0 bridgehead atoms. The number of ether oxygens (including phenoxy) is 8. The van der Waals surface area contributed by atoms with Crippen molar-refractivity contribution in [3.63, 3.8) is 0 Å². The van der Waals surface area contributed by atoms with Crippen LogP contribution in [0.25, 0.3) is 0 Å².